The highest BCUT2D eigenvalue weighted by molar-refractivity contribution is 7.80. The highest BCUT2D eigenvalue weighted by Crippen LogP contribution is 2.36. The number of nitrogens with zero attached hydrogens (tertiary/aromatic N) is 1. The van der Waals surface area contributed by atoms with Crippen LogP contribution in [0, 0.1) is 0 Å². The van der Waals surface area contributed by atoms with Gasteiger partial charge >= 0.3 is 0 Å². The van der Waals surface area contributed by atoms with E-state index in [9.17, 15) is 14.4 Å². The zero-order chi connectivity index (χ0) is 25.4. The van der Waals surface area contributed by atoms with Crippen molar-refractivity contribution < 1.29 is 19.1 Å². The van der Waals surface area contributed by atoms with E-state index < -0.39 is 17.7 Å². The van der Waals surface area contributed by atoms with Crippen LogP contribution in [0.1, 0.15) is 31.1 Å². The minimum absolute atomic E-state index is 0.0644. The van der Waals surface area contributed by atoms with Crippen LogP contribution in [0.3, 0.4) is 0 Å². The standard InChI is InChI=1S/C27H18ClN3O4S/c1-35-23-14-15(12-13-22(23)31-25(33)19-6-2-3-7-20(19)26(31)34)29-27(36)30-24(32)18-10-4-9-17-16(18)8-5-11-21(17)28/h2-14H,1H3,(H2,29,30,32,36). The quantitative estimate of drug-likeness (QED) is 0.278. The van der Waals surface area contributed by atoms with Crippen LogP contribution in [0.2, 0.25) is 5.02 Å². The first-order chi connectivity index (χ1) is 17.4. The number of thiocarbonyl (C=S) groups is 1. The number of nitrogens with one attached hydrogen (secondary N) is 2. The van der Waals surface area contributed by atoms with E-state index in [1.54, 1.807) is 66.7 Å². The lowest BCUT2D eigenvalue weighted by molar-refractivity contribution is 0.0922. The second-order valence-electron chi connectivity index (χ2n) is 7.93. The maximum absolute atomic E-state index is 12.9. The SMILES string of the molecule is COc1cc(NC(=S)NC(=O)c2cccc3c(Cl)cccc23)ccc1N1C(=O)c2ccccc2C1=O. The summed E-state index contributed by atoms with van der Waals surface area (Å²) in [5.41, 5.74) is 1.91. The summed E-state index contributed by atoms with van der Waals surface area (Å²) >= 11 is 11.6. The summed E-state index contributed by atoms with van der Waals surface area (Å²) in [6, 6.07) is 22.1. The molecule has 9 heteroatoms. The van der Waals surface area contributed by atoms with Crippen LogP contribution < -0.4 is 20.3 Å². The zero-order valence-electron chi connectivity index (χ0n) is 18.9. The third-order valence-corrected chi connectivity index (χ3v) is 6.35. The Morgan fingerprint density at radius 2 is 1.56 bits per heavy atom. The Morgan fingerprint density at radius 1 is 0.889 bits per heavy atom. The number of hydrogen-bond acceptors (Lipinski definition) is 5. The minimum atomic E-state index is -0.424. The van der Waals surface area contributed by atoms with Crippen molar-refractivity contribution in [1.82, 2.24) is 5.32 Å². The number of amides is 3. The summed E-state index contributed by atoms with van der Waals surface area (Å²) < 4.78 is 5.46. The molecular weight excluding hydrogens is 498 g/mol. The summed E-state index contributed by atoms with van der Waals surface area (Å²) in [6.45, 7) is 0. The number of carbonyl (C=O) groups is 3. The van der Waals surface area contributed by atoms with E-state index in [0.29, 0.717) is 38.5 Å². The molecule has 0 atom stereocenters. The van der Waals surface area contributed by atoms with Crippen molar-refractivity contribution >= 4 is 68.8 Å². The molecule has 1 aliphatic heterocycles. The molecule has 4 aromatic carbocycles. The summed E-state index contributed by atoms with van der Waals surface area (Å²) in [5, 5.41) is 7.69. The number of fused-ring (bicyclic) bond motifs is 2. The molecule has 0 saturated heterocycles. The van der Waals surface area contributed by atoms with Gasteiger partial charge in [-0.3, -0.25) is 19.7 Å². The van der Waals surface area contributed by atoms with Crippen molar-refractivity contribution in [2.75, 3.05) is 17.3 Å². The molecule has 0 fully saturated rings. The van der Waals surface area contributed by atoms with Gasteiger partial charge in [-0.25, -0.2) is 4.90 Å². The van der Waals surface area contributed by atoms with Gasteiger partial charge in [0.05, 0.1) is 23.9 Å². The molecule has 1 heterocycles. The monoisotopic (exact) mass is 515 g/mol. The van der Waals surface area contributed by atoms with Crippen LogP contribution in [-0.4, -0.2) is 29.9 Å². The highest BCUT2D eigenvalue weighted by Gasteiger charge is 2.37. The third kappa shape index (κ3) is 4.06. The van der Waals surface area contributed by atoms with Gasteiger partial charge in [-0.2, -0.15) is 0 Å². The number of halogens is 1. The molecule has 178 valence electrons. The first kappa shape index (κ1) is 23.5. The van der Waals surface area contributed by atoms with Gasteiger partial charge in [0.2, 0.25) is 0 Å². The Kier molecular flexibility index (Phi) is 6.13. The van der Waals surface area contributed by atoms with E-state index in [1.807, 2.05) is 12.1 Å². The van der Waals surface area contributed by atoms with Gasteiger partial charge in [0, 0.05) is 27.7 Å². The van der Waals surface area contributed by atoms with Crippen molar-refractivity contribution in [3.8, 4) is 5.75 Å². The number of imide groups is 1. The Morgan fingerprint density at radius 3 is 2.25 bits per heavy atom. The lowest BCUT2D eigenvalue weighted by atomic mass is 10.0. The fraction of sp³-hybridized carbons (Fsp3) is 0.0370. The summed E-state index contributed by atoms with van der Waals surface area (Å²) in [6.07, 6.45) is 0. The number of methoxy groups -OCH3 is 1. The number of hydrogen-bond donors (Lipinski definition) is 2. The normalized spacial score (nSPS) is 12.4. The van der Waals surface area contributed by atoms with E-state index in [2.05, 4.69) is 10.6 Å². The molecule has 5 rings (SSSR count). The molecule has 0 aromatic heterocycles. The number of anilines is 2. The molecule has 1 aliphatic rings. The lowest BCUT2D eigenvalue weighted by Crippen LogP contribution is -2.34. The molecule has 0 saturated carbocycles. The molecule has 0 spiro atoms. The molecule has 2 N–H and O–H groups in total. The Bertz CT molecular complexity index is 1550. The largest absolute Gasteiger partial charge is 0.494 e. The number of carbonyl (C=O) groups excluding carboxylic acids is 3. The smallest absolute Gasteiger partial charge is 0.266 e. The first-order valence-electron chi connectivity index (χ1n) is 10.8. The lowest BCUT2D eigenvalue weighted by Gasteiger charge is -2.19. The predicted octanol–water partition coefficient (Wildman–Crippen LogP) is 5.43. The van der Waals surface area contributed by atoms with Crippen LogP contribution in [0.5, 0.6) is 5.75 Å². The molecule has 7 nitrogen and oxygen atoms in total. The van der Waals surface area contributed by atoms with E-state index in [4.69, 9.17) is 28.6 Å². The van der Waals surface area contributed by atoms with Crippen LogP contribution in [0.25, 0.3) is 10.8 Å². The topological polar surface area (TPSA) is 87.7 Å². The third-order valence-electron chi connectivity index (χ3n) is 5.81. The first-order valence-corrected chi connectivity index (χ1v) is 11.6. The molecule has 4 aromatic rings. The molecular formula is C27H18ClN3O4S. The van der Waals surface area contributed by atoms with Crippen molar-refractivity contribution in [3.05, 3.63) is 101 Å². The maximum atomic E-state index is 12.9. The van der Waals surface area contributed by atoms with Crippen molar-refractivity contribution in [2.24, 2.45) is 0 Å². The number of ether oxygens (including phenoxy) is 1. The van der Waals surface area contributed by atoms with Gasteiger partial charge in [0.15, 0.2) is 5.11 Å². The van der Waals surface area contributed by atoms with E-state index in [-0.39, 0.29) is 10.9 Å². The molecule has 0 bridgehead atoms. The van der Waals surface area contributed by atoms with Gasteiger partial charge in [0.1, 0.15) is 5.75 Å². The van der Waals surface area contributed by atoms with Crippen LogP contribution in [-0.2, 0) is 0 Å². The average molecular weight is 516 g/mol. The number of rotatable bonds is 4. The van der Waals surface area contributed by atoms with E-state index in [1.165, 1.54) is 7.11 Å². The van der Waals surface area contributed by atoms with Crippen LogP contribution in [0.4, 0.5) is 11.4 Å². The van der Waals surface area contributed by atoms with Gasteiger partial charge in [0.25, 0.3) is 17.7 Å². The fourth-order valence-electron chi connectivity index (χ4n) is 4.15. The Hall–Kier alpha value is -4.27. The minimum Gasteiger partial charge on any atom is -0.494 e. The Labute approximate surface area is 216 Å². The Balaban J connectivity index is 1.35. The molecule has 36 heavy (non-hydrogen) atoms. The van der Waals surface area contributed by atoms with Crippen molar-refractivity contribution in [2.45, 2.75) is 0 Å². The van der Waals surface area contributed by atoms with Crippen LogP contribution >= 0.6 is 23.8 Å². The second kappa shape index (κ2) is 9.41. The molecule has 0 radical (unpaired) electrons. The van der Waals surface area contributed by atoms with Crippen LogP contribution in [0.15, 0.2) is 78.9 Å². The molecule has 0 unspecified atom stereocenters. The van der Waals surface area contributed by atoms with E-state index >= 15 is 0 Å². The van der Waals surface area contributed by atoms with Gasteiger partial charge in [-0.1, -0.05) is 48.0 Å². The van der Waals surface area contributed by atoms with E-state index in [0.717, 1.165) is 10.3 Å². The van der Waals surface area contributed by atoms with Crippen molar-refractivity contribution in [1.29, 1.82) is 0 Å². The summed E-state index contributed by atoms with van der Waals surface area (Å²) in [4.78, 5) is 39.7. The van der Waals surface area contributed by atoms with Gasteiger partial charge in [-0.05, 0) is 54.0 Å². The maximum Gasteiger partial charge on any atom is 0.266 e. The van der Waals surface area contributed by atoms with Gasteiger partial charge in [-0.15, -0.1) is 0 Å². The second-order valence-corrected chi connectivity index (χ2v) is 8.74. The highest BCUT2D eigenvalue weighted by atomic mass is 35.5. The molecule has 3 amide bonds. The zero-order valence-corrected chi connectivity index (χ0v) is 20.4. The average Bonchev–Trinajstić information content (AvgIpc) is 3.13. The summed E-state index contributed by atoms with van der Waals surface area (Å²) in [5.74, 6) is -0.956. The predicted molar refractivity (Wildman–Crippen MR) is 143 cm³/mol. The number of benzene rings is 4. The van der Waals surface area contributed by atoms with Gasteiger partial charge < -0.3 is 10.1 Å². The fourth-order valence-corrected chi connectivity index (χ4v) is 4.60. The van der Waals surface area contributed by atoms with Crippen molar-refractivity contribution in [3.63, 3.8) is 0 Å². The molecule has 0 aliphatic carbocycles. The summed E-state index contributed by atoms with van der Waals surface area (Å²) in [7, 11) is 1.44.